The van der Waals surface area contributed by atoms with Gasteiger partial charge in [-0.1, -0.05) is 13.8 Å². The van der Waals surface area contributed by atoms with Crippen molar-refractivity contribution in [1.82, 2.24) is 10.2 Å². The molecule has 2 atom stereocenters. The predicted octanol–water partition coefficient (Wildman–Crippen LogP) is 2.39. The molecule has 2 bridgehead atoms. The van der Waals surface area contributed by atoms with Gasteiger partial charge in [-0.05, 0) is 45.6 Å². The molecular weight excluding hydrogens is 184 g/mol. The molecule has 2 aliphatic rings. The first kappa shape index (κ1) is 11.4. The fourth-order valence-corrected chi connectivity index (χ4v) is 3.52. The van der Waals surface area contributed by atoms with Gasteiger partial charge in [-0.2, -0.15) is 0 Å². The molecule has 2 aliphatic heterocycles. The van der Waals surface area contributed by atoms with E-state index in [-0.39, 0.29) is 0 Å². The number of hydrogen-bond acceptors (Lipinski definition) is 2. The molecule has 0 spiro atoms. The Morgan fingerprint density at radius 2 is 1.67 bits per heavy atom. The zero-order valence-electron chi connectivity index (χ0n) is 10.5. The third kappa shape index (κ3) is 2.36. The lowest BCUT2D eigenvalue weighted by Crippen LogP contribution is -2.49. The first-order valence-electron chi connectivity index (χ1n) is 6.72. The number of fused-ring (bicyclic) bond motifs is 2. The van der Waals surface area contributed by atoms with Crippen LogP contribution in [0.4, 0.5) is 0 Å². The maximum atomic E-state index is 3.72. The summed E-state index contributed by atoms with van der Waals surface area (Å²) in [6, 6.07) is 3.29. The Kier molecular flexibility index (Phi) is 3.68. The monoisotopic (exact) mass is 210 g/mol. The molecule has 0 aromatic heterocycles. The van der Waals surface area contributed by atoms with Crippen molar-refractivity contribution in [3.05, 3.63) is 0 Å². The van der Waals surface area contributed by atoms with Gasteiger partial charge >= 0.3 is 0 Å². The number of nitrogens with one attached hydrogen (secondary N) is 1. The molecule has 0 aromatic rings. The Balaban J connectivity index is 1.92. The maximum Gasteiger partial charge on any atom is 0.0125 e. The van der Waals surface area contributed by atoms with Crippen molar-refractivity contribution in [2.75, 3.05) is 7.05 Å². The van der Waals surface area contributed by atoms with Crippen LogP contribution in [0.3, 0.4) is 0 Å². The average Bonchev–Trinajstić information content (AvgIpc) is 2.59. The van der Waals surface area contributed by atoms with E-state index in [1.54, 1.807) is 0 Å². The van der Waals surface area contributed by atoms with Crippen LogP contribution in [-0.2, 0) is 0 Å². The molecule has 0 aromatic carbocycles. The Bertz CT molecular complexity index is 189. The Morgan fingerprint density at radius 1 is 1.13 bits per heavy atom. The van der Waals surface area contributed by atoms with Crippen LogP contribution in [-0.4, -0.2) is 36.1 Å². The SMILES string of the molecule is CCC(CC)N(C)C1CC2CCC(C1)N2. The van der Waals surface area contributed by atoms with Crippen molar-refractivity contribution in [1.29, 1.82) is 0 Å². The second kappa shape index (κ2) is 4.84. The van der Waals surface area contributed by atoms with Crippen molar-refractivity contribution in [2.24, 2.45) is 0 Å². The lowest BCUT2D eigenvalue weighted by Gasteiger charge is -2.39. The minimum atomic E-state index is 0.799. The first-order chi connectivity index (χ1) is 7.24. The number of piperidine rings is 1. The van der Waals surface area contributed by atoms with Gasteiger partial charge in [0.05, 0.1) is 0 Å². The molecule has 2 saturated heterocycles. The van der Waals surface area contributed by atoms with Gasteiger partial charge in [-0.3, -0.25) is 0 Å². The summed E-state index contributed by atoms with van der Waals surface area (Å²) in [7, 11) is 2.34. The van der Waals surface area contributed by atoms with E-state index >= 15 is 0 Å². The topological polar surface area (TPSA) is 15.3 Å². The molecule has 2 nitrogen and oxygen atoms in total. The molecule has 15 heavy (non-hydrogen) atoms. The van der Waals surface area contributed by atoms with E-state index in [4.69, 9.17) is 0 Å². The Hall–Kier alpha value is -0.0800. The Morgan fingerprint density at radius 3 is 2.13 bits per heavy atom. The normalized spacial score (nSPS) is 35.4. The fraction of sp³-hybridized carbons (Fsp3) is 1.00. The van der Waals surface area contributed by atoms with Crippen LogP contribution < -0.4 is 5.32 Å². The highest BCUT2D eigenvalue weighted by molar-refractivity contribution is 4.95. The summed E-state index contributed by atoms with van der Waals surface area (Å²) >= 11 is 0. The zero-order valence-corrected chi connectivity index (χ0v) is 10.5. The summed E-state index contributed by atoms with van der Waals surface area (Å²) in [6.45, 7) is 4.64. The van der Waals surface area contributed by atoms with Gasteiger partial charge in [0, 0.05) is 24.2 Å². The van der Waals surface area contributed by atoms with Gasteiger partial charge in [0.15, 0.2) is 0 Å². The molecule has 0 saturated carbocycles. The summed E-state index contributed by atoms with van der Waals surface area (Å²) in [5, 5.41) is 3.72. The predicted molar refractivity (Wildman–Crippen MR) is 65.1 cm³/mol. The van der Waals surface area contributed by atoms with Crippen molar-refractivity contribution < 1.29 is 0 Å². The van der Waals surface area contributed by atoms with Crippen LogP contribution >= 0.6 is 0 Å². The van der Waals surface area contributed by atoms with Gasteiger partial charge in [0.2, 0.25) is 0 Å². The van der Waals surface area contributed by atoms with E-state index < -0.39 is 0 Å². The van der Waals surface area contributed by atoms with E-state index in [1.165, 1.54) is 38.5 Å². The summed E-state index contributed by atoms with van der Waals surface area (Å²) in [4.78, 5) is 2.66. The van der Waals surface area contributed by atoms with Crippen LogP contribution in [0.2, 0.25) is 0 Å². The second-order valence-corrected chi connectivity index (χ2v) is 5.40. The fourth-order valence-electron chi connectivity index (χ4n) is 3.52. The molecule has 2 heteroatoms. The van der Waals surface area contributed by atoms with Crippen molar-refractivity contribution >= 4 is 0 Å². The molecule has 2 fully saturated rings. The van der Waals surface area contributed by atoms with E-state index in [1.807, 2.05) is 0 Å². The minimum Gasteiger partial charge on any atom is -0.311 e. The summed E-state index contributed by atoms with van der Waals surface area (Å²) in [5.74, 6) is 0. The highest BCUT2D eigenvalue weighted by Gasteiger charge is 2.36. The molecule has 1 N–H and O–H groups in total. The largest absolute Gasteiger partial charge is 0.311 e. The third-order valence-electron chi connectivity index (χ3n) is 4.54. The van der Waals surface area contributed by atoms with Crippen molar-refractivity contribution in [3.63, 3.8) is 0 Å². The number of hydrogen-bond donors (Lipinski definition) is 1. The molecule has 2 rings (SSSR count). The van der Waals surface area contributed by atoms with Crippen molar-refractivity contribution in [3.8, 4) is 0 Å². The minimum absolute atomic E-state index is 0.799. The van der Waals surface area contributed by atoms with Crippen LogP contribution in [0.1, 0.15) is 52.4 Å². The molecule has 2 heterocycles. The lowest BCUT2D eigenvalue weighted by molar-refractivity contribution is 0.118. The molecule has 0 aliphatic carbocycles. The zero-order chi connectivity index (χ0) is 10.8. The van der Waals surface area contributed by atoms with Crippen LogP contribution in [0.15, 0.2) is 0 Å². The highest BCUT2D eigenvalue weighted by Crippen LogP contribution is 2.30. The summed E-state index contributed by atoms with van der Waals surface area (Å²) < 4.78 is 0. The number of nitrogens with zero attached hydrogens (tertiary/aromatic N) is 1. The van der Waals surface area contributed by atoms with Gasteiger partial charge in [0.1, 0.15) is 0 Å². The standard InChI is InChI=1S/C13H26N2/c1-4-12(5-2)15(3)13-8-10-6-7-11(9-13)14-10/h10-14H,4-9H2,1-3H3. The molecule has 0 radical (unpaired) electrons. The summed E-state index contributed by atoms with van der Waals surface area (Å²) in [5.41, 5.74) is 0. The molecule has 88 valence electrons. The lowest BCUT2D eigenvalue weighted by atomic mass is 9.96. The van der Waals surface area contributed by atoms with E-state index in [9.17, 15) is 0 Å². The molecule has 0 amide bonds. The molecular formula is C13H26N2. The van der Waals surface area contributed by atoms with Gasteiger partial charge in [-0.15, -0.1) is 0 Å². The summed E-state index contributed by atoms with van der Waals surface area (Å²) in [6.07, 6.45) is 8.18. The van der Waals surface area contributed by atoms with E-state index in [2.05, 4.69) is 31.1 Å². The third-order valence-corrected chi connectivity index (χ3v) is 4.54. The maximum absolute atomic E-state index is 3.72. The number of rotatable bonds is 4. The first-order valence-corrected chi connectivity index (χ1v) is 6.72. The molecule has 2 unspecified atom stereocenters. The van der Waals surface area contributed by atoms with Crippen molar-refractivity contribution in [2.45, 2.75) is 76.5 Å². The van der Waals surface area contributed by atoms with Gasteiger partial charge in [-0.25, -0.2) is 0 Å². The average molecular weight is 210 g/mol. The van der Waals surface area contributed by atoms with Gasteiger partial charge in [0.25, 0.3) is 0 Å². The Labute approximate surface area is 94.4 Å². The van der Waals surface area contributed by atoms with Crippen LogP contribution in [0, 0.1) is 0 Å². The van der Waals surface area contributed by atoms with E-state index in [0.717, 1.165) is 24.2 Å². The van der Waals surface area contributed by atoms with E-state index in [0.29, 0.717) is 0 Å². The second-order valence-electron chi connectivity index (χ2n) is 5.40. The van der Waals surface area contributed by atoms with Gasteiger partial charge < -0.3 is 10.2 Å². The van der Waals surface area contributed by atoms with Crippen LogP contribution in [0.5, 0.6) is 0 Å². The van der Waals surface area contributed by atoms with Crippen LogP contribution in [0.25, 0.3) is 0 Å². The quantitative estimate of drug-likeness (QED) is 0.766. The smallest absolute Gasteiger partial charge is 0.0125 e. The highest BCUT2D eigenvalue weighted by atomic mass is 15.2.